The molecule has 10 heteroatoms. The molecule has 2 fully saturated rings. The number of nitrogens with zero attached hydrogens (tertiary/aromatic N) is 2. The van der Waals surface area contributed by atoms with E-state index < -0.39 is 23.3 Å². The van der Waals surface area contributed by atoms with E-state index in [1.165, 1.54) is 13.8 Å². The minimum atomic E-state index is -1.32. The van der Waals surface area contributed by atoms with E-state index in [9.17, 15) is 19.8 Å². The number of carbonyl (C=O) groups is 2. The molecule has 0 heterocycles. The molecule has 2 saturated carbocycles. The third-order valence-corrected chi connectivity index (χ3v) is 4.07. The highest BCUT2D eigenvalue weighted by atomic mass is 16.3. The van der Waals surface area contributed by atoms with Crippen LogP contribution < -0.4 is 22.9 Å². The largest absolute Gasteiger partial charge is 0.380 e. The topological polar surface area (TPSA) is 203 Å². The normalized spacial score (nSPS) is 31.6. The molecule has 10 N–H and O–H groups in total. The number of aliphatic hydroxyl groups is 2. The highest BCUT2D eigenvalue weighted by molar-refractivity contribution is 5.90. The van der Waals surface area contributed by atoms with Gasteiger partial charge in [-0.1, -0.05) is 13.8 Å². The van der Waals surface area contributed by atoms with Gasteiger partial charge in [-0.05, 0) is 26.7 Å². The van der Waals surface area contributed by atoms with Gasteiger partial charge in [-0.3, -0.25) is 9.59 Å². The fraction of sp³-hybridized carbons (Fsp3) is 0.733. The molecule has 0 radical (unpaired) electrons. The number of ketones is 2. The number of rotatable bonds is 4. The van der Waals surface area contributed by atoms with E-state index >= 15 is 0 Å². The molecule has 25 heavy (non-hydrogen) atoms. The van der Waals surface area contributed by atoms with Crippen molar-refractivity contribution in [2.24, 2.45) is 32.9 Å². The van der Waals surface area contributed by atoms with Gasteiger partial charge in [-0.15, -0.1) is 0 Å². The summed E-state index contributed by atoms with van der Waals surface area (Å²) in [5, 5.41) is 19.0. The fourth-order valence-electron chi connectivity index (χ4n) is 2.26. The van der Waals surface area contributed by atoms with E-state index in [1.54, 1.807) is 0 Å². The maximum absolute atomic E-state index is 10.9. The van der Waals surface area contributed by atoms with Gasteiger partial charge in [0.05, 0.1) is 12.1 Å². The van der Waals surface area contributed by atoms with Gasteiger partial charge < -0.3 is 33.1 Å². The minimum absolute atomic E-state index is 0.0839. The summed E-state index contributed by atoms with van der Waals surface area (Å²) in [7, 11) is 0. The number of Topliss-reactive ketones (excluding diaryl/α,β-unsaturated/α-hetero) is 2. The average Bonchev–Trinajstić information content (AvgIpc) is 3.16. The summed E-state index contributed by atoms with van der Waals surface area (Å²) in [5.41, 5.74) is 17.8. The average molecular weight is 358 g/mol. The van der Waals surface area contributed by atoms with Crippen LogP contribution in [0.25, 0.3) is 0 Å². The van der Waals surface area contributed by atoms with Crippen molar-refractivity contribution >= 4 is 23.5 Å². The predicted molar refractivity (Wildman–Crippen MR) is 95.7 cm³/mol. The molecular formula is C15H30N6O4. The fourth-order valence-corrected chi connectivity index (χ4v) is 2.26. The molecule has 0 aromatic heterocycles. The van der Waals surface area contributed by atoms with Crippen molar-refractivity contribution in [3.8, 4) is 0 Å². The first-order chi connectivity index (χ1) is 11.4. The van der Waals surface area contributed by atoms with Crippen LogP contribution in [0, 0.1) is 0 Å². The second-order valence-corrected chi connectivity index (χ2v) is 5.84. The van der Waals surface area contributed by atoms with Crippen LogP contribution >= 0.6 is 0 Å². The number of hydrogen-bond acceptors (Lipinski definition) is 6. The Labute approximate surface area is 147 Å². The Hall–Kier alpha value is -2.20. The van der Waals surface area contributed by atoms with Gasteiger partial charge in [0.2, 0.25) is 0 Å². The van der Waals surface area contributed by atoms with Crippen LogP contribution in [0.15, 0.2) is 9.98 Å². The van der Waals surface area contributed by atoms with Crippen molar-refractivity contribution in [1.29, 1.82) is 0 Å². The summed E-state index contributed by atoms with van der Waals surface area (Å²) in [6.07, 6.45) is 1.44. The summed E-state index contributed by atoms with van der Waals surface area (Å²) in [5.74, 6) is -0.734. The first-order valence-electron chi connectivity index (χ1n) is 8.07. The molecule has 2 aliphatic carbocycles. The van der Waals surface area contributed by atoms with Crippen LogP contribution in [-0.4, -0.2) is 57.0 Å². The van der Waals surface area contributed by atoms with E-state index in [-0.39, 0.29) is 23.5 Å². The van der Waals surface area contributed by atoms with Crippen LogP contribution in [0.2, 0.25) is 0 Å². The summed E-state index contributed by atoms with van der Waals surface area (Å²) >= 11 is 0. The van der Waals surface area contributed by atoms with Crippen molar-refractivity contribution in [2.75, 3.05) is 0 Å². The molecule has 0 spiro atoms. The molecule has 0 aliphatic heterocycles. The van der Waals surface area contributed by atoms with E-state index in [0.29, 0.717) is 19.3 Å². The monoisotopic (exact) mass is 358 g/mol. The minimum Gasteiger partial charge on any atom is -0.380 e. The number of nitrogens with two attached hydrogens (primary N) is 4. The molecule has 10 nitrogen and oxygen atoms in total. The maximum Gasteiger partial charge on any atom is 0.186 e. The zero-order valence-corrected chi connectivity index (χ0v) is 15.2. The SMILES string of the molecule is CC.CC(=O)C1(O)CC1N=C(N)N.CC(=O)C1(O)CCC1N=C(N)N. The van der Waals surface area contributed by atoms with Crippen molar-refractivity contribution in [1.82, 2.24) is 0 Å². The zero-order valence-electron chi connectivity index (χ0n) is 15.2. The lowest BCUT2D eigenvalue weighted by molar-refractivity contribution is -0.146. The molecule has 4 unspecified atom stereocenters. The van der Waals surface area contributed by atoms with Crippen molar-refractivity contribution < 1.29 is 19.8 Å². The van der Waals surface area contributed by atoms with Gasteiger partial charge in [0.15, 0.2) is 23.5 Å². The van der Waals surface area contributed by atoms with Gasteiger partial charge in [0.1, 0.15) is 11.2 Å². The van der Waals surface area contributed by atoms with Crippen LogP contribution in [0.5, 0.6) is 0 Å². The van der Waals surface area contributed by atoms with Gasteiger partial charge in [0.25, 0.3) is 0 Å². The van der Waals surface area contributed by atoms with Crippen LogP contribution in [-0.2, 0) is 9.59 Å². The third kappa shape index (κ3) is 5.68. The predicted octanol–water partition coefficient (Wildman–Crippen LogP) is -1.88. The molecule has 0 aromatic rings. The molecule has 144 valence electrons. The molecule has 2 aliphatic rings. The first-order valence-corrected chi connectivity index (χ1v) is 8.07. The smallest absolute Gasteiger partial charge is 0.186 e. The van der Waals surface area contributed by atoms with E-state index in [2.05, 4.69) is 9.98 Å². The molecule has 0 bridgehead atoms. The summed E-state index contributed by atoms with van der Waals surface area (Å²) in [6, 6.07) is -0.870. The van der Waals surface area contributed by atoms with Crippen LogP contribution in [0.1, 0.15) is 47.0 Å². The molecule has 0 saturated heterocycles. The van der Waals surface area contributed by atoms with Crippen molar-refractivity contribution in [3.63, 3.8) is 0 Å². The Morgan fingerprint density at radius 1 is 0.880 bits per heavy atom. The lowest BCUT2D eigenvalue weighted by Crippen LogP contribution is -2.56. The number of carbonyl (C=O) groups excluding carboxylic acids is 2. The Balaban J connectivity index is 0.000000421. The van der Waals surface area contributed by atoms with Crippen molar-refractivity contribution in [3.05, 3.63) is 0 Å². The lowest BCUT2D eigenvalue weighted by atomic mass is 9.73. The molecular weight excluding hydrogens is 328 g/mol. The Morgan fingerprint density at radius 2 is 1.28 bits per heavy atom. The second kappa shape index (κ2) is 8.77. The van der Waals surface area contributed by atoms with E-state index in [0.717, 1.165) is 0 Å². The van der Waals surface area contributed by atoms with Crippen LogP contribution in [0.3, 0.4) is 0 Å². The standard InChI is InChI=1S/C7H13N3O2.C6H11N3O2.C2H6/c1-4(11)7(12)3-2-5(7)10-6(8)9;1-3(10)6(11)2-4(6)9-5(7)8;1-2/h5,12H,2-3H2,1H3,(H4,8,9,10);4,11H,2H2,1H3,(H4,7,8,9);1-2H3. The summed E-state index contributed by atoms with van der Waals surface area (Å²) < 4.78 is 0. The highest BCUT2D eigenvalue weighted by Crippen LogP contribution is 2.39. The molecule has 2 rings (SSSR count). The zero-order chi connectivity index (χ0) is 20.0. The van der Waals surface area contributed by atoms with Crippen LogP contribution in [0.4, 0.5) is 0 Å². The summed E-state index contributed by atoms with van der Waals surface area (Å²) in [4.78, 5) is 29.1. The quantitative estimate of drug-likeness (QED) is 0.247. The van der Waals surface area contributed by atoms with Crippen molar-refractivity contribution in [2.45, 2.75) is 70.2 Å². The number of aliphatic imine (C=N–C) groups is 2. The van der Waals surface area contributed by atoms with E-state index in [1.807, 2.05) is 13.8 Å². The first kappa shape index (κ1) is 22.8. The van der Waals surface area contributed by atoms with Gasteiger partial charge >= 0.3 is 0 Å². The molecule has 0 amide bonds. The lowest BCUT2D eigenvalue weighted by Gasteiger charge is -2.40. The van der Waals surface area contributed by atoms with Gasteiger partial charge in [-0.2, -0.15) is 0 Å². The number of guanidine groups is 2. The number of hydrogen-bond donors (Lipinski definition) is 6. The summed E-state index contributed by atoms with van der Waals surface area (Å²) in [6.45, 7) is 6.66. The van der Waals surface area contributed by atoms with Gasteiger partial charge in [0, 0.05) is 6.42 Å². The second-order valence-electron chi connectivity index (χ2n) is 5.84. The Bertz CT molecular complexity index is 556. The Kier molecular flexibility index (Phi) is 8.00. The molecule has 4 atom stereocenters. The maximum atomic E-state index is 10.9. The molecule has 0 aromatic carbocycles. The third-order valence-electron chi connectivity index (χ3n) is 4.07. The van der Waals surface area contributed by atoms with E-state index in [4.69, 9.17) is 22.9 Å². The Morgan fingerprint density at radius 3 is 1.52 bits per heavy atom. The highest BCUT2D eigenvalue weighted by Gasteiger charge is 2.57. The van der Waals surface area contributed by atoms with Gasteiger partial charge in [-0.25, -0.2) is 9.98 Å².